The van der Waals surface area contributed by atoms with Gasteiger partial charge in [-0.3, -0.25) is 0 Å². The van der Waals surface area contributed by atoms with Crippen LogP contribution in [0, 0.1) is 6.92 Å². The summed E-state index contributed by atoms with van der Waals surface area (Å²) in [6.07, 6.45) is 1.71. The van der Waals surface area contributed by atoms with Crippen LogP contribution >= 0.6 is 0 Å². The van der Waals surface area contributed by atoms with Crippen LogP contribution in [0.2, 0.25) is 0 Å². The lowest BCUT2D eigenvalue weighted by molar-refractivity contribution is 1.12. The normalized spacial score (nSPS) is 11.6. The zero-order chi connectivity index (χ0) is 13.0. The van der Waals surface area contributed by atoms with E-state index in [-0.39, 0.29) is 5.69 Å². The molecule has 0 radical (unpaired) electrons. The van der Waals surface area contributed by atoms with Crippen molar-refractivity contribution in [3.63, 3.8) is 0 Å². The molecule has 0 spiro atoms. The lowest BCUT2D eigenvalue weighted by Gasteiger charge is -1.98. The third-order valence-electron chi connectivity index (χ3n) is 3.56. The third kappa shape index (κ3) is 1.34. The van der Waals surface area contributed by atoms with Gasteiger partial charge in [-0.25, -0.2) is 9.78 Å². The molecule has 4 aromatic rings. The van der Waals surface area contributed by atoms with E-state index >= 15 is 0 Å². The summed E-state index contributed by atoms with van der Waals surface area (Å²) in [5.74, 6) is 0. The van der Waals surface area contributed by atoms with E-state index in [4.69, 9.17) is 4.98 Å². The van der Waals surface area contributed by atoms with E-state index < -0.39 is 0 Å². The highest BCUT2D eigenvalue weighted by Crippen LogP contribution is 2.30. The molecule has 2 aromatic carbocycles. The zero-order valence-electron chi connectivity index (χ0n) is 10.3. The molecule has 0 unspecified atom stereocenters. The van der Waals surface area contributed by atoms with Crippen molar-refractivity contribution in [3.05, 3.63) is 52.6 Å². The maximum absolute atomic E-state index is 11.5. The first-order valence-corrected chi connectivity index (χ1v) is 6.13. The van der Waals surface area contributed by atoms with Gasteiger partial charge in [0.15, 0.2) is 0 Å². The fraction of sp³-hybridized carbons (Fsp3) is 0.0667. The summed E-state index contributed by atoms with van der Waals surface area (Å²) in [5, 5.41) is 3.16. The summed E-state index contributed by atoms with van der Waals surface area (Å²) in [7, 11) is 0. The number of aromatic nitrogens is 3. The highest BCUT2D eigenvalue weighted by Gasteiger charge is 2.10. The second kappa shape index (κ2) is 3.45. The number of fused-ring (bicyclic) bond motifs is 5. The Labute approximate surface area is 108 Å². The van der Waals surface area contributed by atoms with Gasteiger partial charge >= 0.3 is 5.69 Å². The minimum Gasteiger partial charge on any atom is -0.314 e. The lowest BCUT2D eigenvalue weighted by Crippen LogP contribution is -2.08. The van der Waals surface area contributed by atoms with E-state index in [1.54, 1.807) is 6.20 Å². The van der Waals surface area contributed by atoms with Gasteiger partial charge in [0.2, 0.25) is 0 Å². The van der Waals surface area contributed by atoms with Crippen molar-refractivity contribution in [2.75, 3.05) is 0 Å². The Kier molecular flexibility index (Phi) is 1.87. The Morgan fingerprint density at radius 2 is 1.89 bits per heavy atom. The fourth-order valence-electron chi connectivity index (χ4n) is 2.62. The van der Waals surface area contributed by atoms with Crippen LogP contribution in [0.15, 0.2) is 41.3 Å². The quantitative estimate of drug-likeness (QED) is 0.503. The van der Waals surface area contributed by atoms with Gasteiger partial charge in [-0.05, 0) is 12.5 Å². The summed E-state index contributed by atoms with van der Waals surface area (Å²) in [6.45, 7) is 2.05. The predicted octanol–water partition coefficient (Wildman–Crippen LogP) is 2.87. The molecular formula is C15H11N3O. The Morgan fingerprint density at radius 1 is 1.05 bits per heavy atom. The number of benzene rings is 2. The largest absolute Gasteiger partial charge is 0.323 e. The molecule has 0 saturated heterocycles. The molecule has 0 bridgehead atoms. The highest BCUT2D eigenvalue weighted by atomic mass is 16.1. The molecule has 0 aliphatic heterocycles. The molecule has 2 N–H and O–H groups in total. The van der Waals surface area contributed by atoms with Crippen molar-refractivity contribution in [1.82, 2.24) is 15.0 Å². The number of aromatic amines is 2. The SMILES string of the molecule is Cc1cccc2c1nc1c2ccc2c[nH]c(=O)[nH]c21. The first-order valence-electron chi connectivity index (χ1n) is 6.13. The molecule has 92 valence electrons. The molecule has 0 fully saturated rings. The summed E-state index contributed by atoms with van der Waals surface area (Å²) >= 11 is 0. The Balaban J connectivity index is 2.34. The first-order chi connectivity index (χ1) is 9.24. The third-order valence-corrected chi connectivity index (χ3v) is 3.56. The standard InChI is InChI=1S/C15H11N3O/c1-8-3-2-4-10-11-6-5-9-7-16-15(19)18-13(9)14(11)17-12(8)10/h2-7H,1H3,(H2,16,18,19). The van der Waals surface area contributed by atoms with E-state index in [0.29, 0.717) is 0 Å². The smallest absolute Gasteiger partial charge is 0.314 e. The van der Waals surface area contributed by atoms with Gasteiger partial charge in [0.1, 0.15) is 0 Å². The molecule has 0 aliphatic carbocycles. The van der Waals surface area contributed by atoms with Gasteiger partial charge in [-0.2, -0.15) is 0 Å². The van der Waals surface area contributed by atoms with Crippen LogP contribution in [0.1, 0.15) is 5.56 Å². The van der Waals surface area contributed by atoms with Crippen molar-refractivity contribution in [2.45, 2.75) is 6.92 Å². The van der Waals surface area contributed by atoms with E-state index in [2.05, 4.69) is 22.1 Å². The number of rotatable bonds is 0. The van der Waals surface area contributed by atoms with Crippen molar-refractivity contribution < 1.29 is 0 Å². The van der Waals surface area contributed by atoms with E-state index in [0.717, 1.165) is 38.3 Å². The van der Waals surface area contributed by atoms with E-state index in [9.17, 15) is 4.79 Å². The average molecular weight is 249 g/mol. The minimum absolute atomic E-state index is 0.219. The van der Waals surface area contributed by atoms with Crippen molar-refractivity contribution in [2.24, 2.45) is 0 Å². The molecule has 0 aliphatic rings. The van der Waals surface area contributed by atoms with Gasteiger partial charge < -0.3 is 9.97 Å². The number of H-pyrrole nitrogens is 2. The number of hydrogen-bond donors (Lipinski definition) is 2. The second-order valence-corrected chi connectivity index (χ2v) is 4.75. The van der Waals surface area contributed by atoms with Gasteiger partial charge in [0, 0.05) is 22.4 Å². The second-order valence-electron chi connectivity index (χ2n) is 4.75. The summed E-state index contributed by atoms with van der Waals surface area (Å²) in [6, 6.07) is 10.2. The molecule has 4 rings (SSSR count). The summed E-state index contributed by atoms with van der Waals surface area (Å²) in [5.41, 5.74) is 3.57. The molecule has 0 saturated carbocycles. The van der Waals surface area contributed by atoms with Crippen LogP contribution < -0.4 is 5.69 Å². The van der Waals surface area contributed by atoms with Crippen molar-refractivity contribution >= 4 is 32.7 Å². The Morgan fingerprint density at radius 3 is 2.79 bits per heavy atom. The maximum Gasteiger partial charge on any atom is 0.323 e. The van der Waals surface area contributed by atoms with Crippen LogP contribution in [0.4, 0.5) is 0 Å². The van der Waals surface area contributed by atoms with E-state index in [1.807, 2.05) is 25.1 Å². The van der Waals surface area contributed by atoms with Crippen molar-refractivity contribution in [3.8, 4) is 0 Å². The molecular weight excluding hydrogens is 238 g/mol. The Bertz CT molecular complexity index is 995. The Hall–Kier alpha value is -2.62. The molecule has 0 atom stereocenters. The van der Waals surface area contributed by atoms with E-state index in [1.165, 1.54) is 0 Å². The fourth-order valence-corrected chi connectivity index (χ4v) is 2.62. The molecule has 0 amide bonds. The number of para-hydroxylation sites is 1. The van der Waals surface area contributed by atoms with Crippen LogP contribution in [0.25, 0.3) is 32.7 Å². The lowest BCUT2D eigenvalue weighted by atomic mass is 10.1. The molecule has 2 heterocycles. The molecule has 19 heavy (non-hydrogen) atoms. The van der Waals surface area contributed by atoms with Crippen LogP contribution in [0.5, 0.6) is 0 Å². The number of nitrogens with one attached hydrogen (secondary N) is 2. The number of hydrogen-bond acceptors (Lipinski definition) is 2. The molecule has 4 heteroatoms. The number of nitrogens with zero attached hydrogens (tertiary/aromatic N) is 1. The van der Waals surface area contributed by atoms with Gasteiger partial charge in [0.05, 0.1) is 16.6 Å². The molecule has 4 nitrogen and oxygen atoms in total. The maximum atomic E-state index is 11.5. The minimum atomic E-state index is -0.219. The van der Waals surface area contributed by atoms with Crippen LogP contribution in [-0.2, 0) is 0 Å². The average Bonchev–Trinajstić information content (AvgIpc) is 2.79. The topological polar surface area (TPSA) is 61.5 Å². The zero-order valence-corrected chi connectivity index (χ0v) is 10.3. The van der Waals surface area contributed by atoms with Crippen LogP contribution in [-0.4, -0.2) is 15.0 Å². The predicted molar refractivity (Wildman–Crippen MR) is 76.5 cm³/mol. The van der Waals surface area contributed by atoms with Gasteiger partial charge in [0.25, 0.3) is 0 Å². The van der Waals surface area contributed by atoms with Gasteiger partial charge in [-0.15, -0.1) is 0 Å². The summed E-state index contributed by atoms with van der Waals surface area (Å²) in [4.78, 5) is 21.7. The monoisotopic (exact) mass is 249 g/mol. The first kappa shape index (κ1) is 10.3. The van der Waals surface area contributed by atoms with Crippen LogP contribution in [0.3, 0.4) is 0 Å². The number of aryl methyl sites for hydroxylation is 1. The molecule has 2 aromatic heterocycles. The van der Waals surface area contributed by atoms with Crippen molar-refractivity contribution in [1.29, 1.82) is 0 Å². The van der Waals surface area contributed by atoms with Gasteiger partial charge in [-0.1, -0.05) is 30.3 Å². The summed E-state index contributed by atoms with van der Waals surface area (Å²) < 4.78 is 0. The highest BCUT2D eigenvalue weighted by molar-refractivity contribution is 6.16.